The van der Waals surface area contributed by atoms with Crippen molar-refractivity contribution in [2.45, 2.75) is 44.1 Å². The van der Waals surface area contributed by atoms with Crippen LogP contribution in [0.4, 0.5) is 0 Å². The molecule has 1 unspecified atom stereocenters. The van der Waals surface area contributed by atoms with Crippen LogP contribution in [0.1, 0.15) is 38.7 Å². The van der Waals surface area contributed by atoms with Crippen LogP contribution >= 0.6 is 24.2 Å². The van der Waals surface area contributed by atoms with Crippen molar-refractivity contribution in [2.75, 3.05) is 26.7 Å². The number of thioether (sulfide) groups is 1. The van der Waals surface area contributed by atoms with Crippen molar-refractivity contribution in [1.29, 1.82) is 0 Å². The highest BCUT2D eigenvalue weighted by Gasteiger charge is 2.30. The van der Waals surface area contributed by atoms with Crippen LogP contribution in [-0.4, -0.2) is 42.7 Å². The van der Waals surface area contributed by atoms with Crippen molar-refractivity contribution in [2.24, 2.45) is 11.8 Å². The van der Waals surface area contributed by atoms with E-state index in [1.807, 2.05) is 13.1 Å². The molecule has 1 fully saturated rings. The Bertz CT molecular complexity index is 490. The largest absolute Gasteiger partial charge is 0.342 e. The summed E-state index contributed by atoms with van der Waals surface area (Å²) >= 11 is 1.80. The number of likely N-dealkylation sites (tertiary alicyclic amines) is 1. The number of rotatable bonds is 8. The lowest BCUT2D eigenvalue weighted by molar-refractivity contribution is -0.132. The molecule has 1 heterocycles. The molecule has 0 aromatic heterocycles. The van der Waals surface area contributed by atoms with Crippen LogP contribution in [-0.2, 0) is 10.5 Å². The monoisotopic (exact) mass is 384 g/mol. The van der Waals surface area contributed by atoms with Gasteiger partial charge in [0.25, 0.3) is 0 Å². The Morgan fingerprint density at radius 3 is 2.44 bits per heavy atom. The van der Waals surface area contributed by atoms with E-state index in [2.05, 4.69) is 48.3 Å². The summed E-state index contributed by atoms with van der Waals surface area (Å²) in [5.41, 5.74) is 1.30. The zero-order valence-corrected chi connectivity index (χ0v) is 17.4. The Hall–Kier alpha value is -0.710. The molecule has 1 N–H and O–H groups in total. The van der Waals surface area contributed by atoms with E-state index in [9.17, 15) is 4.79 Å². The Labute approximate surface area is 163 Å². The van der Waals surface area contributed by atoms with Crippen LogP contribution in [0.3, 0.4) is 0 Å². The second-order valence-corrected chi connectivity index (χ2v) is 8.25. The summed E-state index contributed by atoms with van der Waals surface area (Å²) in [7, 11) is 2.01. The predicted octanol–water partition coefficient (Wildman–Crippen LogP) is 4.21. The number of nitrogens with zero attached hydrogens (tertiary/aromatic N) is 1. The van der Waals surface area contributed by atoms with Crippen molar-refractivity contribution >= 4 is 30.1 Å². The second-order valence-electron chi connectivity index (χ2n) is 7.12. The summed E-state index contributed by atoms with van der Waals surface area (Å²) < 4.78 is 0. The number of carbonyl (C=O) groups is 1. The molecule has 0 bridgehead atoms. The molecule has 3 nitrogen and oxygen atoms in total. The Morgan fingerprint density at radius 2 is 1.88 bits per heavy atom. The molecule has 5 heteroatoms. The molecule has 0 radical (unpaired) electrons. The molecule has 1 atom stereocenters. The molecule has 1 aromatic rings. The lowest BCUT2D eigenvalue weighted by Gasteiger charge is -2.35. The molecule has 25 heavy (non-hydrogen) atoms. The zero-order chi connectivity index (χ0) is 17.4. The van der Waals surface area contributed by atoms with Crippen LogP contribution < -0.4 is 5.32 Å². The third-order valence-corrected chi connectivity index (χ3v) is 6.46. The van der Waals surface area contributed by atoms with Crippen molar-refractivity contribution in [3.63, 3.8) is 0 Å². The Morgan fingerprint density at radius 1 is 1.24 bits per heavy atom. The maximum Gasteiger partial charge on any atom is 0.235 e. The molecule has 1 aliphatic rings. The van der Waals surface area contributed by atoms with E-state index in [0.29, 0.717) is 11.8 Å². The zero-order valence-electron chi connectivity index (χ0n) is 15.7. The summed E-state index contributed by atoms with van der Waals surface area (Å²) in [6, 6.07) is 10.5. The smallest absolute Gasteiger partial charge is 0.235 e. The first-order valence-corrected chi connectivity index (χ1v) is 10.3. The van der Waals surface area contributed by atoms with Gasteiger partial charge in [-0.2, -0.15) is 0 Å². The average molecular weight is 385 g/mol. The second kappa shape index (κ2) is 11.8. The van der Waals surface area contributed by atoms with Crippen molar-refractivity contribution in [1.82, 2.24) is 10.2 Å². The van der Waals surface area contributed by atoms with Crippen LogP contribution in [0.15, 0.2) is 30.3 Å². The normalized spacial score (nSPS) is 16.6. The molecule has 1 amide bonds. The van der Waals surface area contributed by atoms with Gasteiger partial charge in [0.1, 0.15) is 0 Å². The van der Waals surface area contributed by atoms with Gasteiger partial charge in [-0.05, 0) is 50.3 Å². The number of carbonyl (C=O) groups excluding carboxylic acids is 1. The average Bonchev–Trinajstić information content (AvgIpc) is 2.61. The highest BCUT2D eigenvalue weighted by atomic mass is 35.5. The number of amides is 1. The fourth-order valence-corrected chi connectivity index (χ4v) is 4.52. The van der Waals surface area contributed by atoms with E-state index < -0.39 is 0 Å². The van der Waals surface area contributed by atoms with Gasteiger partial charge in [-0.3, -0.25) is 4.79 Å². The van der Waals surface area contributed by atoms with E-state index >= 15 is 0 Å². The predicted molar refractivity (Wildman–Crippen MR) is 111 cm³/mol. The molecule has 0 spiro atoms. The van der Waals surface area contributed by atoms with Gasteiger partial charge in [-0.1, -0.05) is 44.2 Å². The first-order chi connectivity index (χ1) is 11.6. The van der Waals surface area contributed by atoms with Crippen LogP contribution in [0.5, 0.6) is 0 Å². The van der Waals surface area contributed by atoms with Gasteiger partial charge in [0, 0.05) is 18.8 Å². The van der Waals surface area contributed by atoms with Gasteiger partial charge >= 0.3 is 0 Å². The molecule has 1 aromatic carbocycles. The minimum atomic E-state index is 0. The minimum Gasteiger partial charge on any atom is -0.342 e. The summed E-state index contributed by atoms with van der Waals surface area (Å²) in [6.45, 7) is 7.28. The summed E-state index contributed by atoms with van der Waals surface area (Å²) in [4.78, 5) is 15.1. The van der Waals surface area contributed by atoms with Crippen LogP contribution in [0.25, 0.3) is 0 Å². The number of halogens is 1. The molecule has 2 rings (SSSR count). The van der Waals surface area contributed by atoms with Crippen molar-refractivity contribution < 1.29 is 4.79 Å². The number of nitrogens with one attached hydrogen (secondary N) is 1. The quantitative estimate of drug-likeness (QED) is 0.728. The minimum absolute atomic E-state index is 0. The van der Waals surface area contributed by atoms with E-state index in [1.54, 1.807) is 11.8 Å². The lowest BCUT2D eigenvalue weighted by atomic mass is 9.93. The number of hydrogen-bond acceptors (Lipinski definition) is 3. The fraction of sp³-hybridized carbons (Fsp3) is 0.650. The Balaban J connectivity index is 0.00000312. The molecule has 1 saturated heterocycles. The Kier molecular flexibility index (Phi) is 10.6. The van der Waals surface area contributed by atoms with Crippen LogP contribution in [0, 0.1) is 11.8 Å². The van der Waals surface area contributed by atoms with Gasteiger partial charge in [0.05, 0.1) is 5.25 Å². The first-order valence-electron chi connectivity index (χ1n) is 9.20. The van der Waals surface area contributed by atoms with E-state index in [1.165, 1.54) is 12.0 Å². The van der Waals surface area contributed by atoms with Gasteiger partial charge in [-0.25, -0.2) is 0 Å². The number of hydrogen-bond donors (Lipinski definition) is 1. The van der Waals surface area contributed by atoms with Gasteiger partial charge in [-0.15, -0.1) is 24.2 Å². The summed E-state index contributed by atoms with van der Waals surface area (Å²) in [6.07, 6.45) is 3.54. The summed E-state index contributed by atoms with van der Waals surface area (Å²) in [5.74, 6) is 2.40. The molecule has 142 valence electrons. The fourth-order valence-electron chi connectivity index (χ4n) is 3.28. The van der Waals surface area contributed by atoms with Gasteiger partial charge < -0.3 is 10.2 Å². The van der Waals surface area contributed by atoms with Gasteiger partial charge in [0.2, 0.25) is 5.91 Å². The standard InChI is InChI=1S/C20H32N2OS.ClH/c1-16(2)19(24-15-18-7-5-4-6-8-18)20(23)22-13-10-17(11-14-22)9-12-21-3;/h4-8,16-17,19,21H,9-15H2,1-3H3;1H. The van der Waals surface area contributed by atoms with Crippen LogP contribution in [0.2, 0.25) is 0 Å². The van der Waals surface area contributed by atoms with Crippen molar-refractivity contribution in [3.8, 4) is 0 Å². The maximum atomic E-state index is 13.0. The topological polar surface area (TPSA) is 32.3 Å². The molecule has 1 aliphatic heterocycles. The highest BCUT2D eigenvalue weighted by Crippen LogP contribution is 2.28. The van der Waals surface area contributed by atoms with E-state index in [-0.39, 0.29) is 17.7 Å². The molecular formula is C20H33ClN2OS. The third kappa shape index (κ3) is 7.20. The lowest BCUT2D eigenvalue weighted by Crippen LogP contribution is -2.44. The maximum absolute atomic E-state index is 13.0. The first kappa shape index (κ1) is 22.3. The van der Waals surface area contributed by atoms with E-state index in [4.69, 9.17) is 0 Å². The molecule has 0 saturated carbocycles. The summed E-state index contributed by atoms with van der Waals surface area (Å²) in [5, 5.41) is 3.30. The number of benzene rings is 1. The van der Waals surface area contributed by atoms with Crippen molar-refractivity contribution in [3.05, 3.63) is 35.9 Å². The molecular weight excluding hydrogens is 352 g/mol. The third-order valence-electron chi connectivity index (χ3n) is 4.85. The van der Waals surface area contributed by atoms with Gasteiger partial charge in [0.15, 0.2) is 0 Å². The highest BCUT2D eigenvalue weighted by molar-refractivity contribution is 7.99. The SMILES string of the molecule is CNCCC1CCN(C(=O)C(SCc2ccccc2)C(C)C)CC1.Cl. The number of piperidine rings is 1. The molecule has 0 aliphatic carbocycles. The van der Waals surface area contributed by atoms with E-state index in [0.717, 1.165) is 44.1 Å².